The van der Waals surface area contributed by atoms with Crippen molar-refractivity contribution >= 4 is 5.97 Å². The lowest BCUT2D eigenvalue weighted by Crippen LogP contribution is -2.46. The fourth-order valence-corrected chi connectivity index (χ4v) is 1.21. The van der Waals surface area contributed by atoms with Gasteiger partial charge >= 0.3 is 5.97 Å². The van der Waals surface area contributed by atoms with Crippen LogP contribution in [0.3, 0.4) is 0 Å². The summed E-state index contributed by atoms with van der Waals surface area (Å²) in [5.74, 6) is -0.659. The van der Waals surface area contributed by atoms with Gasteiger partial charge in [-0.25, -0.2) is 0 Å². The molecule has 1 aliphatic rings. The highest BCUT2D eigenvalue weighted by molar-refractivity contribution is 5.77. The lowest BCUT2D eigenvalue weighted by Gasteiger charge is -2.28. The summed E-state index contributed by atoms with van der Waals surface area (Å²) in [5.41, 5.74) is 5.24. The van der Waals surface area contributed by atoms with Crippen LogP contribution < -0.4 is 5.73 Å². The molecule has 2 atom stereocenters. The predicted molar refractivity (Wildman–Crippen MR) is 46.4 cm³/mol. The number of allylic oxidation sites excluding steroid dienone is 2. The Kier molecular flexibility index (Phi) is 2.33. The van der Waals surface area contributed by atoms with Crippen LogP contribution in [0.25, 0.3) is 0 Å². The number of ether oxygens (including phenoxy) is 1. The summed E-state index contributed by atoms with van der Waals surface area (Å²) in [6, 6.07) is 0. The molecule has 1 rings (SSSR count). The first-order chi connectivity index (χ1) is 5.58. The third kappa shape index (κ3) is 1.56. The van der Waals surface area contributed by atoms with Crippen LogP contribution in [0.4, 0.5) is 0 Å². The molecule has 3 nitrogen and oxygen atoms in total. The van der Waals surface area contributed by atoms with E-state index in [9.17, 15) is 4.79 Å². The van der Waals surface area contributed by atoms with Crippen molar-refractivity contribution in [2.24, 2.45) is 11.7 Å². The van der Waals surface area contributed by atoms with Crippen LogP contribution in [0.2, 0.25) is 0 Å². The van der Waals surface area contributed by atoms with E-state index in [1.54, 1.807) is 25.2 Å². The van der Waals surface area contributed by atoms with Gasteiger partial charge < -0.3 is 10.5 Å². The molecule has 0 spiro atoms. The minimum absolute atomic E-state index is 0.291. The second-order valence-electron chi connectivity index (χ2n) is 3.11. The quantitative estimate of drug-likeness (QED) is 0.582. The largest absolute Gasteiger partial charge is 0.469 e. The topological polar surface area (TPSA) is 52.3 Å². The molecule has 0 amide bonds. The standard InChI is InChI=1S/C9H13NO2/c1-9(10)6-4-3-5-7(9)8(11)12-2/h3-7H,10H2,1-2H3. The SMILES string of the molecule is COC(=O)C1C=CC=CC1(C)N. The first-order valence-corrected chi connectivity index (χ1v) is 3.80. The highest BCUT2D eigenvalue weighted by Gasteiger charge is 2.33. The maximum Gasteiger partial charge on any atom is 0.314 e. The minimum atomic E-state index is -0.623. The van der Waals surface area contributed by atoms with E-state index >= 15 is 0 Å². The summed E-state index contributed by atoms with van der Waals surface area (Å²) in [4.78, 5) is 11.2. The maximum absolute atomic E-state index is 11.2. The van der Waals surface area contributed by atoms with Gasteiger partial charge in [0.05, 0.1) is 13.0 Å². The second-order valence-corrected chi connectivity index (χ2v) is 3.11. The van der Waals surface area contributed by atoms with E-state index < -0.39 is 5.54 Å². The average Bonchev–Trinajstić information content (AvgIpc) is 2.02. The van der Waals surface area contributed by atoms with E-state index in [2.05, 4.69) is 4.74 Å². The van der Waals surface area contributed by atoms with Gasteiger partial charge in [-0.2, -0.15) is 0 Å². The third-order valence-corrected chi connectivity index (χ3v) is 2.00. The summed E-state index contributed by atoms with van der Waals surface area (Å²) in [6.45, 7) is 1.80. The zero-order valence-corrected chi connectivity index (χ0v) is 7.28. The Morgan fingerprint density at radius 2 is 2.25 bits per heavy atom. The Balaban J connectivity index is 2.84. The molecule has 0 saturated heterocycles. The number of nitrogens with two attached hydrogens (primary N) is 1. The Labute approximate surface area is 71.9 Å². The van der Waals surface area contributed by atoms with Gasteiger partial charge in [0.15, 0.2) is 0 Å². The summed E-state index contributed by atoms with van der Waals surface area (Å²) < 4.78 is 4.62. The van der Waals surface area contributed by atoms with Crippen LogP contribution in [0, 0.1) is 5.92 Å². The number of hydrogen-bond donors (Lipinski definition) is 1. The van der Waals surface area contributed by atoms with Crippen LogP contribution >= 0.6 is 0 Å². The van der Waals surface area contributed by atoms with Crippen molar-refractivity contribution in [3.63, 3.8) is 0 Å². The Morgan fingerprint density at radius 3 is 2.75 bits per heavy atom. The summed E-state index contributed by atoms with van der Waals surface area (Å²) >= 11 is 0. The van der Waals surface area contributed by atoms with Gasteiger partial charge in [0.25, 0.3) is 0 Å². The molecule has 0 fully saturated rings. The molecule has 0 aromatic carbocycles. The fraction of sp³-hybridized carbons (Fsp3) is 0.444. The van der Waals surface area contributed by atoms with Gasteiger partial charge in [0.2, 0.25) is 0 Å². The molecular formula is C9H13NO2. The van der Waals surface area contributed by atoms with E-state index in [4.69, 9.17) is 5.73 Å². The van der Waals surface area contributed by atoms with Gasteiger partial charge in [0.1, 0.15) is 0 Å². The van der Waals surface area contributed by atoms with Gasteiger partial charge in [0, 0.05) is 5.54 Å². The van der Waals surface area contributed by atoms with Crippen molar-refractivity contribution in [3.05, 3.63) is 24.3 Å². The summed E-state index contributed by atoms with van der Waals surface area (Å²) in [7, 11) is 1.37. The van der Waals surface area contributed by atoms with Crippen molar-refractivity contribution in [1.82, 2.24) is 0 Å². The molecule has 3 heteroatoms. The zero-order chi connectivity index (χ0) is 9.19. The van der Waals surface area contributed by atoms with Gasteiger partial charge in [-0.1, -0.05) is 24.3 Å². The number of rotatable bonds is 1. The fourth-order valence-electron chi connectivity index (χ4n) is 1.21. The number of hydrogen-bond acceptors (Lipinski definition) is 3. The van der Waals surface area contributed by atoms with E-state index in [-0.39, 0.29) is 11.9 Å². The Hall–Kier alpha value is -1.09. The number of carbonyl (C=O) groups is 1. The molecule has 0 heterocycles. The first-order valence-electron chi connectivity index (χ1n) is 3.80. The van der Waals surface area contributed by atoms with Crippen molar-refractivity contribution in [3.8, 4) is 0 Å². The summed E-state index contributed by atoms with van der Waals surface area (Å²) in [5, 5.41) is 0. The number of carbonyl (C=O) groups excluding carboxylic acids is 1. The van der Waals surface area contributed by atoms with Crippen molar-refractivity contribution in [2.75, 3.05) is 7.11 Å². The second kappa shape index (κ2) is 3.11. The smallest absolute Gasteiger partial charge is 0.314 e. The van der Waals surface area contributed by atoms with Crippen LogP contribution in [0.5, 0.6) is 0 Å². The summed E-state index contributed by atoms with van der Waals surface area (Å²) in [6.07, 6.45) is 7.19. The Morgan fingerprint density at radius 1 is 1.58 bits per heavy atom. The molecule has 0 aliphatic heterocycles. The van der Waals surface area contributed by atoms with Crippen molar-refractivity contribution in [2.45, 2.75) is 12.5 Å². The number of esters is 1. The van der Waals surface area contributed by atoms with Crippen LogP contribution in [-0.2, 0) is 9.53 Å². The normalized spacial score (nSPS) is 33.4. The van der Waals surface area contributed by atoms with Crippen molar-refractivity contribution in [1.29, 1.82) is 0 Å². The van der Waals surface area contributed by atoms with E-state index in [0.717, 1.165) is 0 Å². The van der Waals surface area contributed by atoms with Crippen LogP contribution in [-0.4, -0.2) is 18.6 Å². The first kappa shape index (κ1) is 9.00. The molecule has 1 aliphatic carbocycles. The van der Waals surface area contributed by atoms with E-state index in [0.29, 0.717) is 0 Å². The average molecular weight is 167 g/mol. The third-order valence-electron chi connectivity index (χ3n) is 2.00. The zero-order valence-electron chi connectivity index (χ0n) is 7.28. The van der Waals surface area contributed by atoms with Crippen LogP contribution in [0.15, 0.2) is 24.3 Å². The van der Waals surface area contributed by atoms with E-state index in [1.165, 1.54) is 7.11 Å². The molecule has 0 radical (unpaired) electrons. The van der Waals surface area contributed by atoms with Crippen molar-refractivity contribution < 1.29 is 9.53 Å². The lowest BCUT2D eigenvalue weighted by molar-refractivity contribution is -0.145. The molecule has 12 heavy (non-hydrogen) atoms. The molecule has 0 bridgehead atoms. The highest BCUT2D eigenvalue weighted by atomic mass is 16.5. The number of methoxy groups -OCH3 is 1. The molecule has 0 saturated carbocycles. The van der Waals surface area contributed by atoms with Gasteiger partial charge in [-0.15, -0.1) is 0 Å². The van der Waals surface area contributed by atoms with Gasteiger partial charge in [-0.05, 0) is 6.92 Å². The molecular weight excluding hydrogens is 154 g/mol. The highest BCUT2D eigenvalue weighted by Crippen LogP contribution is 2.22. The monoisotopic (exact) mass is 167 g/mol. The predicted octanol–water partition coefficient (Wildman–Crippen LogP) is 0.619. The van der Waals surface area contributed by atoms with Crippen LogP contribution in [0.1, 0.15) is 6.92 Å². The molecule has 2 unspecified atom stereocenters. The molecule has 66 valence electrons. The van der Waals surface area contributed by atoms with E-state index in [1.807, 2.05) is 6.08 Å². The molecule has 0 aromatic rings. The minimum Gasteiger partial charge on any atom is -0.469 e. The molecule has 0 aromatic heterocycles. The lowest BCUT2D eigenvalue weighted by atomic mass is 9.83. The van der Waals surface area contributed by atoms with Gasteiger partial charge in [-0.3, -0.25) is 4.79 Å². The Bertz CT molecular complexity index is 241. The molecule has 2 N–H and O–H groups in total. The maximum atomic E-state index is 11.2.